The van der Waals surface area contributed by atoms with Crippen LogP contribution in [0.3, 0.4) is 0 Å². The second-order valence-electron chi connectivity index (χ2n) is 7.42. The first-order chi connectivity index (χ1) is 12.8. The van der Waals surface area contributed by atoms with Crippen LogP contribution in [0, 0.1) is 0 Å². The number of rotatable bonds is 6. The van der Waals surface area contributed by atoms with Crippen molar-refractivity contribution in [3.05, 3.63) is 70.8 Å². The molecule has 26 heavy (non-hydrogen) atoms. The van der Waals surface area contributed by atoms with Gasteiger partial charge in [0.1, 0.15) is 0 Å². The Morgan fingerprint density at radius 2 is 1.73 bits per heavy atom. The summed E-state index contributed by atoms with van der Waals surface area (Å²) in [6.45, 7) is 2.12. The number of H-pyrrole nitrogens is 1. The van der Waals surface area contributed by atoms with Crippen LogP contribution in [-0.2, 0) is 12.8 Å². The fourth-order valence-electron chi connectivity index (χ4n) is 3.44. The van der Waals surface area contributed by atoms with Gasteiger partial charge in [-0.15, -0.1) is 0 Å². The first-order valence-electron chi connectivity index (χ1n) is 9.53. The van der Waals surface area contributed by atoms with Gasteiger partial charge in [0, 0.05) is 37.5 Å². The maximum absolute atomic E-state index is 4.83. The van der Waals surface area contributed by atoms with E-state index < -0.39 is 0 Å². The van der Waals surface area contributed by atoms with E-state index in [2.05, 4.69) is 57.6 Å². The number of aromatic nitrogens is 4. The molecule has 1 saturated heterocycles. The highest BCUT2D eigenvalue weighted by Gasteiger charge is 2.26. The van der Waals surface area contributed by atoms with E-state index >= 15 is 0 Å². The molecule has 3 aromatic rings. The Kier molecular flexibility index (Phi) is 3.92. The van der Waals surface area contributed by atoms with Crippen molar-refractivity contribution in [3.8, 4) is 0 Å². The van der Waals surface area contributed by atoms with E-state index in [4.69, 9.17) is 9.97 Å². The van der Waals surface area contributed by atoms with Gasteiger partial charge < -0.3 is 4.90 Å². The van der Waals surface area contributed by atoms with Gasteiger partial charge in [0.25, 0.3) is 0 Å². The molecular formula is C21H23N5. The smallest absolute Gasteiger partial charge is 0.225 e. The lowest BCUT2D eigenvalue weighted by Gasteiger charge is -2.31. The van der Waals surface area contributed by atoms with Crippen LogP contribution in [0.1, 0.15) is 53.5 Å². The lowest BCUT2D eigenvalue weighted by Crippen LogP contribution is -2.38. The van der Waals surface area contributed by atoms with Crippen LogP contribution in [0.2, 0.25) is 0 Å². The Morgan fingerprint density at radius 1 is 0.962 bits per heavy atom. The van der Waals surface area contributed by atoms with Gasteiger partial charge in [-0.1, -0.05) is 30.3 Å². The summed E-state index contributed by atoms with van der Waals surface area (Å²) < 4.78 is 0. The van der Waals surface area contributed by atoms with Gasteiger partial charge in [-0.3, -0.25) is 5.10 Å². The predicted octanol–water partition coefficient (Wildman–Crippen LogP) is 3.47. The van der Waals surface area contributed by atoms with Crippen LogP contribution in [0.5, 0.6) is 0 Å². The zero-order valence-corrected chi connectivity index (χ0v) is 14.9. The minimum absolute atomic E-state index is 0.677. The third-order valence-corrected chi connectivity index (χ3v) is 5.21. The maximum atomic E-state index is 4.83. The first kappa shape index (κ1) is 15.6. The summed E-state index contributed by atoms with van der Waals surface area (Å²) in [7, 11) is 0. The molecule has 132 valence electrons. The molecule has 5 heteroatoms. The molecule has 0 amide bonds. The molecule has 1 N–H and O–H groups in total. The van der Waals surface area contributed by atoms with Gasteiger partial charge in [-0.05, 0) is 37.0 Å². The predicted molar refractivity (Wildman–Crippen MR) is 101 cm³/mol. The van der Waals surface area contributed by atoms with E-state index in [1.165, 1.54) is 30.5 Å². The van der Waals surface area contributed by atoms with Gasteiger partial charge in [-0.2, -0.15) is 5.10 Å². The van der Waals surface area contributed by atoms with Crippen molar-refractivity contribution in [1.82, 2.24) is 20.2 Å². The second kappa shape index (κ2) is 6.56. The molecule has 0 bridgehead atoms. The monoisotopic (exact) mass is 345 g/mol. The number of anilines is 1. The van der Waals surface area contributed by atoms with E-state index in [1.807, 2.05) is 0 Å². The van der Waals surface area contributed by atoms with Crippen LogP contribution in [-0.4, -0.2) is 33.3 Å². The van der Waals surface area contributed by atoms with Gasteiger partial charge >= 0.3 is 0 Å². The largest absolute Gasteiger partial charge is 0.341 e. The van der Waals surface area contributed by atoms with Crippen molar-refractivity contribution in [2.45, 2.75) is 38.0 Å². The van der Waals surface area contributed by atoms with Crippen molar-refractivity contribution in [2.75, 3.05) is 18.0 Å². The Morgan fingerprint density at radius 3 is 2.42 bits per heavy atom. The number of hydrogen-bond acceptors (Lipinski definition) is 4. The second-order valence-corrected chi connectivity index (χ2v) is 7.42. The summed E-state index contributed by atoms with van der Waals surface area (Å²) in [6.07, 6.45) is 5.40. The number of hydrogen-bond donors (Lipinski definition) is 1. The zero-order chi connectivity index (χ0) is 17.3. The quantitative estimate of drug-likeness (QED) is 0.743. The molecule has 0 unspecified atom stereocenters. The normalized spacial score (nSPS) is 16.5. The Balaban J connectivity index is 1.41. The third kappa shape index (κ3) is 3.34. The average Bonchev–Trinajstić information content (AvgIpc) is 3.34. The molecule has 3 heterocycles. The highest BCUT2D eigenvalue weighted by Crippen LogP contribution is 2.39. The lowest BCUT2D eigenvalue weighted by atomic mass is 10.1. The Bertz CT molecular complexity index is 894. The number of aromatic amines is 1. The Labute approximate surface area is 153 Å². The van der Waals surface area contributed by atoms with Gasteiger partial charge in [0.15, 0.2) is 0 Å². The molecule has 5 rings (SSSR count). The molecule has 2 aliphatic rings. The molecule has 1 aliphatic carbocycles. The van der Waals surface area contributed by atoms with Gasteiger partial charge in [0.2, 0.25) is 5.95 Å². The number of benzene rings is 1. The summed E-state index contributed by atoms with van der Waals surface area (Å²) in [4.78, 5) is 11.9. The van der Waals surface area contributed by atoms with E-state index in [-0.39, 0.29) is 0 Å². The standard InChI is InChI=1S/C21H23N5/c1-2-5-15(6-3-1)11-17-12-18(23-21(22-17)26-9-4-10-26)13-19-14-20(25-24-19)16-7-8-16/h1-3,5-6,12,14,16H,4,7-11,13H2,(H,24,25). The molecule has 2 aromatic heterocycles. The van der Waals surface area contributed by atoms with Crippen molar-refractivity contribution in [1.29, 1.82) is 0 Å². The summed E-state index contributed by atoms with van der Waals surface area (Å²) in [5, 5.41) is 7.67. The van der Waals surface area contributed by atoms with Gasteiger partial charge in [0.05, 0.1) is 17.1 Å². The third-order valence-electron chi connectivity index (χ3n) is 5.21. The molecule has 1 saturated carbocycles. The molecule has 1 aromatic carbocycles. The zero-order valence-electron chi connectivity index (χ0n) is 14.9. The molecule has 2 fully saturated rings. The van der Waals surface area contributed by atoms with Crippen molar-refractivity contribution >= 4 is 5.95 Å². The Hall–Kier alpha value is -2.69. The van der Waals surface area contributed by atoms with Crippen molar-refractivity contribution < 1.29 is 0 Å². The summed E-state index contributed by atoms with van der Waals surface area (Å²) in [5.41, 5.74) is 5.79. The van der Waals surface area contributed by atoms with E-state index in [0.29, 0.717) is 5.92 Å². The topological polar surface area (TPSA) is 57.7 Å². The fourth-order valence-corrected chi connectivity index (χ4v) is 3.44. The highest BCUT2D eigenvalue weighted by atomic mass is 15.3. The molecule has 0 spiro atoms. The summed E-state index contributed by atoms with van der Waals surface area (Å²) >= 11 is 0. The van der Waals surface area contributed by atoms with Crippen molar-refractivity contribution in [3.63, 3.8) is 0 Å². The van der Waals surface area contributed by atoms with Crippen molar-refractivity contribution in [2.24, 2.45) is 0 Å². The average molecular weight is 345 g/mol. The lowest BCUT2D eigenvalue weighted by molar-refractivity contribution is 0.597. The van der Waals surface area contributed by atoms with Crippen LogP contribution < -0.4 is 4.90 Å². The number of nitrogens with one attached hydrogen (secondary N) is 1. The minimum atomic E-state index is 0.677. The summed E-state index contributed by atoms with van der Waals surface area (Å²) in [6, 6.07) is 14.9. The number of nitrogens with zero attached hydrogens (tertiary/aromatic N) is 4. The molecule has 5 nitrogen and oxygen atoms in total. The van der Waals surface area contributed by atoms with Crippen LogP contribution >= 0.6 is 0 Å². The first-order valence-corrected chi connectivity index (χ1v) is 9.53. The SMILES string of the molecule is c1ccc(Cc2cc(Cc3cc(C4CC4)n[nH]3)nc(N3CCC3)n2)cc1. The fraction of sp³-hybridized carbons (Fsp3) is 0.381. The van der Waals surface area contributed by atoms with Crippen LogP contribution in [0.25, 0.3) is 0 Å². The molecule has 0 radical (unpaired) electrons. The minimum Gasteiger partial charge on any atom is -0.341 e. The van der Waals surface area contributed by atoms with Crippen LogP contribution in [0.4, 0.5) is 5.95 Å². The van der Waals surface area contributed by atoms with E-state index in [9.17, 15) is 0 Å². The van der Waals surface area contributed by atoms with Crippen LogP contribution in [0.15, 0.2) is 42.5 Å². The molecule has 0 atom stereocenters. The summed E-state index contributed by atoms with van der Waals surface area (Å²) in [5.74, 6) is 1.55. The maximum Gasteiger partial charge on any atom is 0.225 e. The highest BCUT2D eigenvalue weighted by molar-refractivity contribution is 5.37. The molecular weight excluding hydrogens is 322 g/mol. The molecule has 1 aliphatic heterocycles. The van der Waals surface area contributed by atoms with E-state index in [1.54, 1.807) is 0 Å². The van der Waals surface area contributed by atoms with E-state index in [0.717, 1.165) is 49.0 Å². The van der Waals surface area contributed by atoms with Gasteiger partial charge in [-0.25, -0.2) is 9.97 Å².